The molecule has 1 aromatic carbocycles. The van der Waals surface area contributed by atoms with E-state index in [0.717, 1.165) is 23.6 Å². The SMILES string of the molecule is CCc1c(C(=O)NCC[NH+](C)C)c(C(C)C)nn1-c1ccc(F)cc1. The largest absolute Gasteiger partial charge is 0.346 e. The van der Waals surface area contributed by atoms with Crippen LogP contribution in [0.25, 0.3) is 5.69 Å². The number of benzene rings is 1. The fraction of sp³-hybridized carbons (Fsp3) is 0.474. The van der Waals surface area contributed by atoms with Crippen LogP contribution in [0, 0.1) is 5.82 Å². The zero-order valence-corrected chi connectivity index (χ0v) is 15.7. The standard InChI is InChI=1S/C19H27FN4O/c1-6-16-17(19(25)21-11-12-23(4)5)18(13(2)3)22-24(16)15-9-7-14(20)8-10-15/h7-10,13H,6,11-12H2,1-5H3,(H,21,25)/p+1. The third kappa shape index (κ3) is 4.45. The monoisotopic (exact) mass is 347 g/mol. The molecule has 5 nitrogen and oxygen atoms in total. The minimum Gasteiger partial charge on any atom is -0.346 e. The van der Waals surface area contributed by atoms with E-state index in [1.807, 2.05) is 20.8 Å². The van der Waals surface area contributed by atoms with Gasteiger partial charge in [-0.1, -0.05) is 20.8 Å². The molecule has 2 aromatic rings. The fourth-order valence-electron chi connectivity index (χ4n) is 2.76. The Bertz CT molecular complexity index is 720. The Kier molecular flexibility index (Phi) is 6.31. The predicted molar refractivity (Wildman–Crippen MR) is 97.0 cm³/mol. The van der Waals surface area contributed by atoms with Crippen LogP contribution in [0.3, 0.4) is 0 Å². The first-order valence-electron chi connectivity index (χ1n) is 8.80. The molecule has 0 fully saturated rings. The van der Waals surface area contributed by atoms with Crippen LogP contribution in [0.2, 0.25) is 0 Å². The highest BCUT2D eigenvalue weighted by atomic mass is 19.1. The quantitative estimate of drug-likeness (QED) is 0.799. The molecular formula is C19H28FN4O+. The molecule has 1 heterocycles. The molecule has 1 amide bonds. The molecule has 0 aliphatic heterocycles. The average molecular weight is 347 g/mol. The molecule has 0 radical (unpaired) electrons. The van der Waals surface area contributed by atoms with Crippen molar-refractivity contribution < 1.29 is 14.1 Å². The number of likely N-dealkylation sites (N-methyl/N-ethyl adjacent to an activating group) is 1. The molecule has 0 unspecified atom stereocenters. The molecule has 0 atom stereocenters. The molecule has 0 saturated heterocycles. The van der Waals surface area contributed by atoms with Crippen molar-refractivity contribution in [3.63, 3.8) is 0 Å². The third-order valence-electron chi connectivity index (χ3n) is 4.10. The van der Waals surface area contributed by atoms with Crippen LogP contribution in [0.1, 0.15) is 48.4 Å². The number of quaternary nitrogens is 1. The number of nitrogens with one attached hydrogen (secondary N) is 2. The Balaban J connectivity index is 2.43. The van der Waals surface area contributed by atoms with Gasteiger partial charge in [0, 0.05) is 0 Å². The molecule has 0 aliphatic carbocycles. The van der Waals surface area contributed by atoms with E-state index in [9.17, 15) is 9.18 Å². The first-order valence-corrected chi connectivity index (χ1v) is 8.80. The van der Waals surface area contributed by atoms with Crippen molar-refractivity contribution >= 4 is 5.91 Å². The third-order valence-corrected chi connectivity index (χ3v) is 4.10. The molecule has 2 rings (SSSR count). The highest BCUT2D eigenvalue weighted by molar-refractivity contribution is 5.96. The molecule has 1 aromatic heterocycles. The van der Waals surface area contributed by atoms with E-state index in [1.165, 1.54) is 17.0 Å². The summed E-state index contributed by atoms with van der Waals surface area (Å²) < 4.78 is 15.0. The maximum Gasteiger partial charge on any atom is 0.255 e. The van der Waals surface area contributed by atoms with Crippen molar-refractivity contribution in [2.75, 3.05) is 27.2 Å². The Hall–Kier alpha value is -2.21. The Labute approximate surface area is 148 Å². The second-order valence-electron chi connectivity index (χ2n) is 6.82. The summed E-state index contributed by atoms with van der Waals surface area (Å²) in [6, 6.07) is 6.18. The van der Waals surface area contributed by atoms with Crippen LogP contribution in [0.4, 0.5) is 4.39 Å². The highest BCUT2D eigenvalue weighted by Gasteiger charge is 2.25. The minimum atomic E-state index is -0.290. The maximum atomic E-state index is 13.2. The van der Waals surface area contributed by atoms with E-state index >= 15 is 0 Å². The summed E-state index contributed by atoms with van der Waals surface area (Å²) in [5.74, 6) is -0.260. The van der Waals surface area contributed by atoms with E-state index in [1.54, 1.807) is 16.8 Å². The number of carbonyl (C=O) groups is 1. The lowest BCUT2D eigenvalue weighted by Crippen LogP contribution is -3.06. The molecule has 0 saturated carbocycles. The Morgan fingerprint density at radius 3 is 2.44 bits per heavy atom. The Morgan fingerprint density at radius 1 is 1.28 bits per heavy atom. The highest BCUT2D eigenvalue weighted by Crippen LogP contribution is 2.25. The summed E-state index contributed by atoms with van der Waals surface area (Å²) in [6.07, 6.45) is 0.665. The van der Waals surface area contributed by atoms with E-state index in [-0.39, 0.29) is 17.6 Å². The van der Waals surface area contributed by atoms with Gasteiger partial charge in [0.05, 0.1) is 49.8 Å². The number of carbonyl (C=O) groups excluding carboxylic acids is 1. The maximum absolute atomic E-state index is 13.2. The van der Waals surface area contributed by atoms with Crippen molar-refractivity contribution in [2.24, 2.45) is 0 Å². The lowest BCUT2D eigenvalue weighted by molar-refractivity contribution is -0.856. The lowest BCUT2D eigenvalue weighted by Gasteiger charge is -2.11. The molecule has 25 heavy (non-hydrogen) atoms. The summed E-state index contributed by atoms with van der Waals surface area (Å²) in [4.78, 5) is 14.1. The summed E-state index contributed by atoms with van der Waals surface area (Å²) in [5.41, 5.74) is 3.04. The van der Waals surface area contributed by atoms with Gasteiger partial charge in [-0.3, -0.25) is 4.79 Å². The van der Waals surface area contributed by atoms with Crippen molar-refractivity contribution in [3.05, 3.63) is 47.0 Å². The zero-order chi connectivity index (χ0) is 18.6. The number of amides is 1. The minimum absolute atomic E-state index is 0.0878. The van der Waals surface area contributed by atoms with Crippen molar-refractivity contribution in [1.82, 2.24) is 15.1 Å². The summed E-state index contributed by atoms with van der Waals surface area (Å²) in [5, 5.41) is 7.67. The molecule has 0 aliphatic rings. The van der Waals surface area contributed by atoms with Crippen LogP contribution in [-0.2, 0) is 6.42 Å². The van der Waals surface area contributed by atoms with E-state index in [2.05, 4.69) is 24.5 Å². The van der Waals surface area contributed by atoms with Gasteiger partial charge < -0.3 is 10.2 Å². The van der Waals surface area contributed by atoms with Crippen LogP contribution < -0.4 is 10.2 Å². The average Bonchev–Trinajstić information content (AvgIpc) is 2.95. The molecular weight excluding hydrogens is 319 g/mol. The van der Waals surface area contributed by atoms with Crippen molar-refractivity contribution in [2.45, 2.75) is 33.1 Å². The van der Waals surface area contributed by atoms with E-state index in [0.29, 0.717) is 18.5 Å². The van der Waals surface area contributed by atoms with Crippen LogP contribution >= 0.6 is 0 Å². The van der Waals surface area contributed by atoms with Crippen molar-refractivity contribution in [1.29, 1.82) is 0 Å². The van der Waals surface area contributed by atoms with Gasteiger partial charge in [0.25, 0.3) is 5.91 Å². The fourth-order valence-corrected chi connectivity index (χ4v) is 2.76. The van der Waals surface area contributed by atoms with Crippen molar-refractivity contribution in [3.8, 4) is 5.69 Å². The summed E-state index contributed by atoms with van der Waals surface area (Å²) in [6.45, 7) is 7.52. The van der Waals surface area contributed by atoms with E-state index in [4.69, 9.17) is 0 Å². The van der Waals surface area contributed by atoms with Gasteiger partial charge in [-0.25, -0.2) is 9.07 Å². The number of aromatic nitrogens is 2. The molecule has 2 N–H and O–H groups in total. The van der Waals surface area contributed by atoms with E-state index < -0.39 is 0 Å². The molecule has 0 spiro atoms. The predicted octanol–water partition coefficient (Wildman–Crippen LogP) is 1.57. The second-order valence-corrected chi connectivity index (χ2v) is 6.82. The van der Waals surface area contributed by atoms with Crippen LogP contribution in [-0.4, -0.2) is 42.9 Å². The first kappa shape index (κ1) is 19.1. The molecule has 0 bridgehead atoms. The van der Waals surface area contributed by atoms with Gasteiger partial charge in [0.2, 0.25) is 0 Å². The second kappa shape index (κ2) is 8.25. The van der Waals surface area contributed by atoms with Gasteiger partial charge in [-0.05, 0) is 36.6 Å². The first-order chi connectivity index (χ1) is 11.8. The number of rotatable bonds is 7. The topological polar surface area (TPSA) is 51.4 Å². The van der Waals surface area contributed by atoms with Gasteiger partial charge >= 0.3 is 0 Å². The summed E-state index contributed by atoms with van der Waals surface area (Å²) >= 11 is 0. The van der Waals surface area contributed by atoms with Gasteiger partial charge in [0.15, 0.2) is 0 Å². The Morgan fingerprint density at radius 2 is 1.92 bits per heavy atom. The zero-order valence-electron chi connectivity index (χ0n) is 15.7. The summed E-state index contributed by atoms with van der Waals surface area (Å²) in [7, 11) is 4.10. The van der Waals surface area contributed by atoms with Crippen LogP contribution in [0.15, 0.2) is 24.3 Å². The number of halogens is 1. The van der Waals surface area contributed by atoms with Gasteiger partial charge in [-0.15, -0.1) is 0 Å². The lowest BCUT2D eigenvalue weighted by atomic mass is 10.0. The number of nitrogens with zero attached hydrogens (tertiary/aromatic N) is 2. The van der Waals surface area contributed by atoms with Crippen LogP contribution in [0.5, 0.6) is 0 Å². The normalized spacial score (nSPS) is 11.4. The van der Waals surface area contributed by atoms with Gasteiger partial charge in [0.1, 0.15) is 5.82 Å². The molecule has 136 valence electrons. The molecule has 6 heteroatoms. The van der Waals surface area contributed by atoms with Gasteiger partial charge in [-0.2, -0.15) is 5.10 Å². The smallest absolute Gasteiger partial charge is 0.255 e. The number of hydrogen-bond acceptors (Lipinski definition) is 2. The number of hydrogen-bond donors (Lipinski definition) is 2.